The summed E-state index contributed by atoms with van der Waals surface area (Å²) in [5.74, 6) is -0.914. The maximum atomic E-state index is 9.90. The van der Waals surface area contributed by atoms with Gasteiger partial charge in [0.1, 0.15) is 24.4 Å². The largest absolute Gasteiger partial charge is 0.478 e. The molecule has 4 unspecified atom stereocenters. The van der Waals surface area contributed by atoms with Gasteiger partial charge in [0, 0.05) is 6.08 Å². The van der Waals surface area contributed by atoms with Crippen LogP contribution in [0.3, 0.4) is 0 Å². The Morgan fingerprint density at radius 3 is 2.00 bits per heavy atom. The second-order valence-corrected chi connectivity index (χ2v) is 3.58. The molecular weight excluding hydrogens is 272 g/mol. The van der Waals surface area contributed by atoms with Crippen molar-refractivity contribution >= 4 is 12.3 Å². The van der Waals surface area contributed by atoms with Crippen molar-refractivity contribution in [3.63, 3.8) is 0 Å². The van der Waals surface area contributed by atoms with Crippen LogP contribution in [0.15, 0.2) is 24.3 Å². The molecule has 0 saturated heterocycles. The van der Waals surface area contributed by atoms with E-state index in [0.29, 0.717) is 0 Å². The van der Waals surface area contributed by atoms with Gasteiger partial charge in [-0.1, -0.05) is 18.2 Å². The summed E-state index contributed by atoms with van der Waals surface area (Å²) in [5, 5.41) is 51.6. The predicted molar refractivity (Wildman–Crippen MR) is 68.8 cm³/mol. The fraction of sp³-hybridized carbons (Fsp3) is 0.500. The minimum atomic E-state index is -1.79. The molecule has 20 heavy (non-hydrogen) atoms. The number of hydrogen-bond acceptors (Lipinski definition) is 7. The first kappa shape index (κ1) is 20.7. The highest BCUT2D eigenvalue weighted by Crippen LogP contribution is 2.02. The van der Waals surface area contributed by atoms with Crippen LogP contribution in [-0.4, -0.2) is 73.9 Å². The molecule has 0 saturated carbocycles. The van der Waals surface area contributed by atoms with Crippen LogP contribution in [0.25, 0.3) is 0 Å². The van der Waals surface area contributed by atoms with E-state index in [1.54, 1.807) is 12.2 Å². The number of rotatable bonds is 7. The van der Waals surface area contributed by atoms with Crippen LogP contribution < -0.4 is 0 Å². The van der Waals surface area contributed by atoms with Crippen LogP contribution in [0.1, 0.15) is 6.92 Å². The van der Waals surface area contributed by atoms with Crippen LogP contribution in [0.2, 0.25) is 0 Å². The third-order valence-electron chi connectivity index (χ3n) is 1.96. The van der Waals surface area contributed by atoms with Gasteiger partial charge in [0.15, 0.2) is 6.29 Å². The Morgan fingerprint density at radius 1 is 1.10 bits per heavy atom. The first-order chi connectivity index (χ1) is 9.31. The van der Waals surface area contributed by atoms with Crippen LogP contribution >= 0.6 is 0 Å². The lowest BCUT2D eigenvalue weighted by molar-refractivity contribution is -0.136. The number of carboxylic acid groups (broad SMARTS) is 1. The molecule has 0 aromatic carbocycles. The number of carboxylic acids is 1. The number of carbonyl (C=O) groups excluding carboxylic acids is 1. The molecule has 8 heteroatoms. The Labute approximate surface area is 115 Å². The van der Waals surface area contributed by atoms with E-state index in [2.05, 4.69) is 0 Å². The fourth-order valence-electron chi connectivity index (χ4n) is 0.867. The monoisotopic (exact) mass is 292 g/mol. The van der Waals surface area contributed by atoms with E-state index in [-0.39, 0.29) is 6.29 Å². The van der Waals surface area contributed by atoms with Gasteiger partial charge < -0.3 is 35.4 Å². The molecule has 0 amide bonds. The zero-order valence-corrected chi connectivity index (χ0v) is 10.9. The summed E-state index contributed by atoms with van der Waals surface area (Å²) in [7, 11) is 0. The molecule has 8 nitrogen and oxygen atoms in total. The first-order valence-electron chi connectivity index (χ1n) is 5.62. The molecule has 0 aromatic rings. The van der Waals surface area contributed by atoms with E-state index >= 15 is 0 Å². The van der Waals surface area contributed by atoms with Crippen molar-refractivity contribution in [1.29, 1.82) is 0 Å². The van der Waals surface area contributed by atoms with Crippen molar-refractivity contribution < 1.29 is 40.2 Å². The SMILES string of the molecule is C/C=C/C=C/C(=O)O.O=CC(O)C(O)C(O)C(O)CO. The minimum Gasteiger partial charge on any atom is -0.478 e. The molecule has 0 aliphatic carbocycles. The summed E-state index contributed by atoms with van der Waals surface area (Å²) in [6.45, 7) is 1.07. The zero-order valence-electron chi connectivity index (χ0n) is 10.9. The zero-order chi connectivity index (χ0) is 16.1. The Bertz CT molecular complexity index is 325. The van der Waals surface area contributed by atoms with E-state index in [0.717, 1.165) is 6.08 Å². The van der Waals surface area contributed by atoms with Crippen LogP contribution in [-0.2, 0) is 9.59 Å². The van der Waals surface area contributed by atoms with E-state index in [4.69, 9.17) is 30.6 Å². The summed E-state index contributed by atoms with van der Waals surface area (Å²) < 4.78 is 0. The fourth-order valence-corrected chi connectivity index (χ4v) is 0.867. The minimum absolute atomic E-state index is 0.0258. The average Bonchev–Trinajstić information content (AvgIpc) is 2.44. The van der Waals surface area contributed by atoms with Gasteiger partial charge >= 0.3 is 5.97 Å². The molecule has 0 radical (unpaired) electrons. The molecule has 0 aliphatic rings. The summed E-state index contributed by atoms with van der Waals surface area (Å²) >= 11 is 0. The van der Waals surface area contributed by atoms with Crippen LogP contribution in [0.5, 0.6) is 0 Å². The molecule has 0 aromatic heterocycles. The molecule has 0 rings (SSSR count). The number of allylic oxidation sites excluding steroid dienone is 3. The summed E-state index contributed by atoms with van der Waals surface area (Å²) in [4.78, 5) is 19.6. The van der Waals surface area contributed by atoms with Gasteiger partial charge in [0.2, 0.25) is 0 Å². The van der Waals surface area contributed by atoms with Crippen molar-refractivity contribution in [2.24, 2.45) is 0 Å². The second-order valence-electron chi connectivity index (χ2n) is 3.58. The molecule has 6 N–H and O–H groups in total. The van der Waals surface area contributed by atoms with Crippen molar-refractivity contribution in [3.8, 4) is 0 Å². The van der Waals surface area contributed by atoms with E-state index in [9.17, 15) is 9.59 Å². The molecule has 116 valence electrons. The van der Waals surface area contributed by atoms with Crippen molar-refractivity contribution in [2.45, 2.75) is 31.3 Å². The molecule has 0 spiro atoms. The molecular formula is C12H20O8. The Kier molecular flexibility index (Phi) is 12.9. The lowest BCUT2D eigenvalue weighted by Crippen LogP contribution is -2.46. The number of aliphatic hydroxyl groups excluding tert-OH is 5. The second kappa shape index (κ2) is 12.5. The number of aliphatic carboxylic acids is 1. The molecule has 0 aliphatic heterocycles. The maximum absolute atomic E-state index is 9.90. The first-order valence-corrected chi connectivity index (χ1v) is 5.62. The predicted octanol–water partition coefficient (Wildman–Crippen LogP) is -2.18. The number of carbonyl (C=O) groups is 2. The van der Waals surface area contributed by atoms with E-state index in [1.165, 1.54) is 6.08 Å². The molecule has 0 bridgehead atoms. The van der Waals surface area contributed by atoms with Gasteiger partial charge in [-0.25, -0.2) is 4.79 Å². The lowest BCUT2D eigenvalue weighted by atomic mass is 10.0. The van der Waals surface area contributed by atoms with Gasteiger partial charge in [-0.2, -0.15) is 0 Å². The van der Waals surface area contributed by atoms with Gasteiger partial charge in [-0.3, -0.25) is 0 Å². The smallest absolute Gasteiger partial charge is 0.328 e. The Balaban J connectivity index is 0. The third-order valence-corrected chi connectivity index (χ3v) is 1.96. The Hall–Kier alpha value is -1.58. The van der Waals surface area contributed by atoms with Gasteiger partial charge in [-0.15, -0.1) is 0 Å². The topological polar surface area (TPSA) is 156 Å². The average molecular weight is 292 g/mol. The van der Waals surface area contributed by atoms with E-state index in [1.807, 2.05) is 6.92 Å². The maximum Gasteiger partial charge on any atom is 0.328 e. The molecule has 0 heterocycles. The molecule has 0 fully saturated rings. The van der Waals surface area contributed by atoms with Crippen molar-refractivity contribution in [3.05, 3.63) is 24.3 Å². The molecule has 4 atom stereocenters. The summed E-state index contributed by atoms with van der Waals surface area (Å²) in [6.07, 6.45) is -0.857. The number of aldehydes is 1. The quantitative estimate of drug-likeness (QED) is 0.176. The highest BCUT2D eigenvalue weighted by molar-refractivity contribution is 5.80. The number of aliphatic hydroxyl groups is 5. The normalized spacial score (nSPS) is 17.1. The number of hydrogen-bond donors (Lipinski definition) is 6. The summed E-state index contributed by atoms with van der Waals surface area (Å²) in [5.41, 5.74) is 0. The standard InChI is InChI=1S/C6H12O6.C6H8O2/c7-1-3(9)5(11)6(12)4(10)2-8;1-2-3-4-5-6(7)8/h1,3-6,8-12H,2H2;2-5H,1H3,(H,7,8)/b;3-2+,5-4+. The summed E-state index contributed by atoms with van der Waals surface area (Å²) in [6, 6.07) is 0. The third kappa shape index (κ3) is 10.4. The van der Waals surface area contributed by atoms with Crippen LogP contribution in [0.4, 0.5) is 0 Å². The Morgan fingerprint density at radius 2 is 1.65 bits per heavy atom. The van der Waals surface area contributed by atoms with Gasteiger partial charge in [0.05, 0.1) is 6.61 Å². The highest BCUT2D eigenvalue weighted by atomic mass is 16.4. The highest BCUT2D eigenvalue weighted by Gasteiger charge is 2.29. The van der Waals surface area contributed by atoms with E-state index < -0.39 is 37.0 Å². The van der Waals surface area contributed by atoms with Gasteiger partial charge in [0.25, 0.3) is 0 Å². The van der Waals surface area contributed by atoms with Gasteiger partial charge in [-0.05, 0) is 6.92 Å². The van der Waals surface area contributed by atoms with Crippen molar-refractivity contribution in [1.82, 2.24) is 0 Å². The lowest BCUT2D eigenvalue weighted by Gasteiger charge is -2.22. The van der Waals surface area contributed by atoms with Crippen LogP contribution in [0, 0.1) is 0 Å². The van der Waals surface area contributed by atoms with Crippen molar-refractivity contribution in [2.75, 3.05) is 6.61 Å².